The smallest absolute Gasteiger partial charge is 0.00860 e. The highest BCUT2D eigenvalue weighted by molar-refractivity contribution is 4.97. The van der Waals surface area contributed by atoms with Crippen molar-refractivity contribution in [3.63, 3.8) is 0 Å². The van der Waals surface area contributed by atoms with E-state index in [4.69, 9.17) is 6.42 Å². The van der Waals surface area contributed by atoms with Gasteiger partial charge in [-0.25, -0.2) is 0 Å². The Kier molecular flexibility index (Phi) is 16.4. The van der Waals surface area contributed by atoms with Crippen LogP contribution in [-0.2, 0) is 0 Å². The van der Waals surface area contributed by atoms with Gasteiger partial charge in [0.2, 0.25) is 0 Å². The van der Waals surface area contributed by atoms with Crippen molar-refractivity contribution < 1.29 is 0 Å². The lowest BCUT2D eigenvalue weighted by atomic mass is 10.1. The summed E-state index contributed by atoms with van der Waals surface area (Å²) in [6, 6.07) is 0. The van der Waals surface area contributed by atoms with Crippen LogP contribution < -0.4 is 0 Å². The molecule has 122 valence electrons. The fraction of sp³-hybridized carbons (Fsp3) is 0.545. The second kappa shape index (κ2) is 17.6. The van der Waals surface area contributed by atoms with Crippen LogP contribution in [0.2, 0.25) is 0 Å². The van der Waals surface area contributed by atoms with Crippen molar-refractivity contribution in [2.45, 2.75) is 77.6 Å². The normalized spacial score (nSPS) is 11.6. The van der Waals surface area contributed by atoms with Gasteiger partial charge in [-0.3, -0.25) is 0 Å². The summed E-state index contributed by atoms with van der Waals surface area (Å²) in [6.07, 6.45) is 31.7. The van der Waals surface area contributed by atoms with E-state index < -0.39 is 0 Å². The minimum absolute atomic E-state index is 0.934. The predicted molar refractivity (Wildman–Crippen MR) is 102 cm³/mol. The van der Waals surface area contributed by atoms with Crippen LogP contribution in [0.3, 0.4) is 0 Å². The molecule has 0 radical (unpaired) electrons. The van der Waals surface area contributed by atoms with Gasteiger partial charge >= 0.3 is 0 Å². The van der Waals surface area contributed by atoms with Gasteiger partial charge in [0, 0.05) is 6.42 Å². The zero-order valence-corrected chi connectivity index (χ0v) is 14.5. The highest BCUT2D eigenvalue weighted by Gasteiger charge is 1.87. The van der Waals surface area contributed by atoms with E-state index in [1.165, 1.54) is 50.5 Å². The third kappa shape index (κ3) is 18.5. The molecule has 0 amide bonds. The van der Waals surface area contributed by atoms with Crippen molar-refractivity contribution in [3.8, 4) is 12.3 Å². The number of unbranched alkanes of at least 4 members (excludes halogenated alkanes) is 6. The summed E-state index contributed by atoms with van der Waals surface area (Å²) >= 11 is 0. The van der Waals surface area contributed by atoms with Crippen LogP contribution in [0.4, 0.5) is 0 Å². The lowest BCUT2D eigenvalue weighted by molar-refractivity contribution is 0.656. The Morgan fingerprint density at radius 2 is 1.36 bits per heavy atom. The molecule has 0 atom stereocenters. The van der Waals surface area contributed by atoms with Gasteiger partial charge in [0.05, 0.1) is 0 Å². The molecule has 0 saturated heterocycles. The van der Waals surface area contributed by atoms with Crippen molar-refractivity contribution in [1.29, 1.82) is 0 Å². The standard InChI is InChI=1S/C22H34/c1-4-5-6-7-8-9-10-11-12-13-14-15-16-17-18-19-20-21-22(2)3/h1,11-12,14-15,17-18H,2,5-10,13,16,19-21H2,3H3/b12-11-,15-14-,18-17-. The lowest BCUT2D eigenvalue weighted by Crippen LogP contribution is -1.76. The van der Waals surface area contributed by atoms with E-state index in [1.54, 1.807) is 0 Å². The molecule has 0 aliphatic heterocycles. The number of allylic oxidation sites excluding steroid dienone is 7. The molecular formula is C22H34. The molecule has 0 aromatic rings. The van der Waals surface area contributed by atoms with Gasteiger partial charge in [0.1, 0.15) is 0 Å². The molecule has 0 rings (SSSR count). The Hall–Kier alpha value is -1.48. The number of hydrogen-bond donors (Lipinski definition) is 0. The summed E-state index contributed by atoms with van der Waals surface area (Å²) in [5, 5.41) is 0. The van der Waals surface area contributed by atoms with Crippen LogP contribution in [0, 0.1) is 12.3 Å². The van der Waals surface area contributed by atoms with Gasteiger partial charge in [-0.05, 0) is 58.3 Å². The average molecular weight is 299 g/mol. The maximum Gasteiger partial charge on any atom is 0.00860 e. The van der Waals surface area contributed by atoms with E-state index in [0.29, 0.717) is 0 Å². The van der Waals surface area contributed by atoms with Crippen LogP contribution in [0.1, 0.15) is 77.6 Å². The Balaban J connectivity index is 3.32. The van der Waals surface area contributed by atoms with Crippen molar-refractivity contribution in [3.05, 3.63) is 48.6 Å². The Bertz CT molecular complexity index is 373. The summed E-state index contributed by atoms with van der Waals surface area (Å²) < 4.78 is 0. The van der Waals surface area contributed by atoms with Gasteiger partial charge in [-0.1, -0.05) is 54.9 Å². The minimum atomic E-state index is 0.934. The third-order valence-electron chi connectivity index (χ3n) is 3.46. The topological polar surface area (TPSA) is 0 Å². The maximum atomic E-state index is 5.23. The molecule has 0 aliphatic rings. The van der Waals surface area contributed by atoms with Crippen LogP contribution >= 0.6 is 0 Å². The highest BCUT2D eigenvalue weighted by Crippen LogP contribution is 2.06. The molecule has 0 bridgehead atoms. The first kappa shape index (κ1) is 20.5. The summed E-state index contributed by atoms with van der Waals surface area (Å²) in [5.41, 5.74) is 1.28. The molecule has 0 heteroatoms. The number of rotatable bonds is 14. The first-order valence-electron chi connectivity index (χ1n) is 8.80. The summed E-state index contributed by atoms with van der Waals surface area (Å²) in [6.45, 7) is 6.01. The van der Waals surface area contributed by atoms with Crippen molar-refractivity contribution >= 4 is 0 Å². The SMILES string of the molecule is C#CCCCCCC/C=C\C/C=C\C/C=C\CCCC(=C)C. The molecule has 0 nitrogen and oxygen atoms in total. The largest absolute Gasteiger partial charge is 0.120 e. The second-order valence-corrected chi connectivity index (χ2v) is 5.89. The van der Waals surface area contributed by atoms with E-state index in [1.807, 2.05) is 0 Å². The van der Waals surface area contributed by atoms with Gasteiger partial charge in [0.15, 0.2) is 0 Å². The van der Waals surface area contributed by atoms with E-state index in [0.717, 1.165) is 25.7 Å². The molecule has 0 fully saturated rings. The van der Waals surface area contributed by atoms with E-state index in [9.17, 15) is 0 Å². The summed E-state index contributed by atoms with van der Waals surface area (Å²) in [4.78, 5) is 0. The maximum absolute atomic E-state index is 5.23. The van der Waals surface area contributed by atoms with Crippen molar-refractivity contribution in [2.24, 2.45) is 0 Å². The van der Waals surface area contributed by atoms with E-state index >= 15 is 0 Å². The molecule has 0 aromatic carbocycles. The molecular weight excluding hydrogens is 264 g/mol. The monoisotopic (exact) mass is 298 g/mol. The molecule has 0 spiro atoms. The molecule has 0 aliphatic carbocycles. The van der Waals surface area contributed by atoms with Crippen LogP contribution in [0.25, 0.3) is 0 Å². The van der Waals surface area contributed by atoms with Gasteiger partial charge in [0.25, 0.3) is 0 Å². The Morgan fingerprint density at radius 3 is 1.95 bits per heavy atom. The van der Waals surface area contributed by atoms with E-state index in [2.05, 4.69) is 55.9 Å². The van der Waals surface area contributed by atoms with Crippen LogP contribution in [0.5, 0.6) is 0 Å². The lowest BCUT2D eigenvalue weighted by Gasteiger charge is -1.95. The minimum Gasteiger partial charge on any atom is -0.120 e. The molecule has 0 N–H and O–H groups in total. The van der Waals surface area contributed by atoms with Crippen molar-refractivity contribution in [1.82, 2.24) is 0 Å². The average Bonchev–Trinajstić information content (AvgIpc) is 2.50. The first-order chi connectivity index (χ1) is 10.8. The number of hydrogen-bond acceptors (Lipinski definition) is 0. The zero-order chi connectivity index (χ0) is 16.3. The summed E-state index contributed by atoms with van der Waals surface area (Å²) in [5.74, 6) is 2.69. The van der Waals surface area contributed by atoms with Gasteiger partial charge in [-0.2, -0.15) is 0 Å². The third-order valence-corrected chi connectivity index (χ3v) is 3.46. The van der Waals surface area contributed by atoms with Gasteiger partial charge in [-0.15, -0.1) is 18.9 Å². The number of terminal acetylenes is 1. The first-order valence-corrected chi connectivity index (χ1v) is 8.80. The van der Waals surface area contributed by atoms with Crippen LogP contribution in [0.15, 0.2) is 48.6 Å². The second-order valence-electron chi connectivity index (χ2n) is 5.89. The van der Waals surface area contributed by atoms with Crippen molar-refractivity contribution in [2.75, 3.05) is 0 Å². The van der Waals surface area contributed by atoms with E-state index in [-0.39, 0.29) is 0 Å². The Morgan fingerprint density at radius 1 is 0.818 bits per heavy atom. The molecule has 0 aromatic heterocycles. The fourth-order valence-electron chi connectivity index (χ4n) is 2.14. The fourth-order valence-corrected chi connectivity index (χ4v) is 2.14. The molecule has 22 heavy (non-hydrogen) atoms. The highest BCUT2D eigenvalue weighted by atomic mass is 13.9. The quantitative estimate of drug-likeness (QED) is 0.181. The Labute approximate surface area is 139 Å². The molecule has 0 unspecified atom stereocenters. The predicted octanol–water partition coefficient (Wildman–Crippen LogP) is 7.16. The zero-order valence-electron chi connectivity index (χ0n) is 14.5. The molecule has 0 saturated carbocycles. The molecule has 0 heterocycles. The van der Waals surface area contributed by atoms with Gasteiger partial charge < -0.3 is 0 Å². The summed E-state index contributed by atoms with van der Waals surface area (Å²) in [7, 11) is 0. The van der Waals surface area contributed by atoms with Crippen LogP contribution in [-0.4, -0.2) is 0 Å².